The van der Waals surface area contributed by atoms with E-state index in [1.807, 2.05) is 18.2 Å². The normalized spacial score (nSPS) is 12.3. The smallest absolute Gasteiger partial charge is 0.261 e. The van der Waals surface area contributed by atoms with Gasteiger partial charge >= 0.3 is 0 Å². The third-order valence-corrected chi connectivity index (χ3v) is 7.58. The number of aromatic nitrogens is 3. The van der Waals surface area contributed by atoms with Crippen LogP contribution in [0.1, 0.15) is 17.4 Å². The molecule has 2 aromatic heterocycles. The van der Waals surface area contributed by atoms with Gasteiger partial charge in [0.1, 0.15) is 6.10 Å². The number of rotatable bonds is 11. The fraction of sp³-hybridized carbons (Fsp3) is 0.138. The molecule has 0 aliphatic heterocycles. The van der Waals surface area contributed by atoms with Crippen molar-refractivity contribution in [2.24, 2.45) is 0 Å². The van der Waals surface area contributed by atoms with Crippen molar-refractivity contribution in [1.29, 1.82) is 0 Å². The van der Waals surface area contributed by atoms with Gasteiger partial charge in [0.2, 0.25) is 5.82 Å². The number of halogens is 2. The molecule has 0 aliphatic rings. The summed E-state index contributed by atoms with van der Waals surface area (Å²) in [5.41, 5.74) is 2.71. The molecule has 0 unspecified atom stereocenters. The summed E-state index contributed by atoms with van der Waals surface area (Å²) in [5, 5.41) is 17.2. The number of nitrogens with one attached hydrogen (secondary N) is 2. The molecule has 0 fully saturated rings. The van der Waals surface area contributed by atoms with Crippen molar-refractivity contribution in [2.75, 3.05) is 17.8 Å². The number of nitrogens with zero attached hydrogens (tertiary/aromatic N) is 3. The topological polar surface area (TPSA) is 130 Å². The molecule has 0 amide bonds. The summed E-state index contributed by atoms with van der Waals surface area (Å²) in [7, 11) is -3.87. The van der Waals surface area contributed by atoms with Crippen LogP contribution in [0.4, 0.5) is 14.5 Å². The number of benzene rings is 3. The number of aliphatic hydroxyl groups is 1. The second-order valence-electron chi connectivity index (χ2n) is 9.10. The fourth-order valence-electron chi connectivity index (χ4n) is 3.97. The molecule has 0 saturated carbocycles. The summed E-state index contributed by atoms with van der Waals surface area (Å²) in [6, 6.07) is 21.5. The van der Waals surface area contributed by atoms with Gasteiger partial charge in [-0.25, -0.2) is 17.2 Å². The molecule has 2 heterocycles. The van der Waals surface area contributed by atoms with Gasteiger partial charge in [0.05, 0.1) is 10.6 Å². The first-order valence-electron chi connectivity index (χ1n) is 12.6. The van der Waals surface area contributed by atoms with E-state index in [4.69, 9.17) is 4.52 Å². The highest BCUT2D eigenvalue weighted by atomic mass is 32.2. The lowest BCUT2D eigenvalue weighted by Gasteiger charge is -2.12. The number of hydrogen-bond acceptors (Lipinski definition) is 8. The predicted molar refractivity (Wildman–Crippen MR) is 148 cm³/mol. The van der Waals surface area contributed by atoms with Gasteiger partial charge in [0.25, 0.3) is 15.9 Å². The van der Waals surface area contributed by atoms with E-state index < -0.39 is 27.8 Å². The van der Waals surface area contributed by atoms with E-state index in [9.17, 15) is 22.3 Å². The van der Waals surface area contributed by atoms with Crippen LogP contribution in [0, 0.1) is 11.6 Å². The second-order valence-corrected chi connectivity index (χ2v) is 10.8. The van der Waals surface area contributed by atoms with Crippen molar-refractivity contribution in [1.82, 2.24) is 20.4 Å². The lowest BCUT2D eigenvalue weighted by Crippen LogP contribution is -2.24. The molecule has 0 aliphatic carbocycles. The SMILES string of the molecule is O=S(=O)(Nc1ccc(CCNC[C@H](O)c2ccccn2)cc1)c1ccc(-c2noc(-c3ccc(F)c(F)c3)n2)cc1. The zero-order valence-electron chi connectivity index (χ0n) is 21.5. The Morgan fingerprint density at radius 3 is 2.37 bits per heavy atom. The van der Waals surface area contributed by atoms with Crippen molar-refractivity contribution >= 4 is 15.7 Å². The Balaban J connectivity index is 1.15. The van der Waals surface area contributed by atoms with E-state index in [1.165, 1.54) is 30.3 Å². The van der Waals surface area contributed by atoms with Crippen LogP contribution in [-0.2, 0) is 16.4 Å². The first kappa shape index (κ1) is 28.0. The summed E-state index contributed by atoms with van der Waals surface area (Å²) < 4.78 is 60.2. The Kier molecular flexibility index (Phi) is 8.43. The Morgan fingerprint density at radius 1 is 0.902 bits per heavy atom. The van der Waals surface area contributed by atoms with Crippen LogP contribution in [0.15, 0.2) is 101 Å². The zero-order valence-corrected chi connectivity index (χ0v) is 22.4. The maximum Gasteiger partial charge on any atom is 0.261 e. The van der Waals surface area contributed by atoms with Crippen molar-refractivity contribution in [3.63, 3.8) is 0 Å². The van der Waals surface area contributed by atoms with Gasteiger partial charge in [0.15, 0.2) is 11.6 Å². The van der Waals surface area contributed by atoms with Crippen LogP contribution in [0.3, 0.4) is 0 Å². The molecule has 0 radical (unpaired) electrons. The van der Waals surface area contributed by atoms with Crippen LogP contribution >= 0.6 is 0 Å². The molecule has 0 bridgehead atoms. The van der Waals surface area contributed by atoms with Gasteiger partial charge in [-0.3, -0.25) is 9.71 Å². The number of anilines is 1. The number of hydrogen-bond donors (Lipinski definition) is 3. The Hall–Kier alpha value is -4.52. The molecule has 41 heavy (non-hydrogen) atoms. The first-order chi connectivity index (χ1) is 19.8. The zero-order chi connectivity index (χ0) is 28.8. The molecule has 0 spiro atoms. The molecule has 5 rings (SSSR count). The standard InChI is InChI=1S/C29H25F2N5O4S/c30-24-13-8-21(17-25(24)31)29-34-28(35-40-29)20-6-11-23(12-7-20)41(38,39)36-22-9-4-19(5-10-22)14-16-32-18-27(37)26-3-1-2-15-33-26/h1-13,15,17,27,32,36-37H,14,16,18H2/t27-/m0/s1. The minimum Gasteiger partial charge on any atom is -0.385 e. The molecule has 210 valence electrons. The van der Waals surface area contributed by atoms with Crippen molar-refractivity contribution in [3.05, 3.63) is 114 Å². The van der Waals surface area contributed by atoms with Gasteiger partial charge in [-0.1, -0.05) is 23.4 Å². The minimum atomic E-state index is -3.87. The Labute approximate surface area is 235 Å². The summed E-state index contributed by atoms with van der Waals surface area (Å²) in [6.45, 7) is 1.000. The summed E-state index contributed by atoms with van der Waals surface area (Å²) in [6.07, 6.45) is 1.63. The number of sulfonamides is 1. The maximum absolute atomic E-state index is 13.5. The van der Waals surface area contributed by atoms with E-state index in [0.29, 0.717) is 36.5 Å². The molecule has 1 atom stereocenters. The van der Waals surface area contributed by atoms with Crippen LogP contribution in [0.2, 0.25) is 0 Å². The van der Waals surface area contributed by atoms with Crippen LogP contribution < -0.4 is 10.0 Å². The minimum absolute atomic E-state index is 0.00133. The van der Waals surface area contributed by atoms with E-state index >= 15 is 0 Å². The number of aliphatic hydroxyl groups excluding tert-OH is 1. The van der Waals surface area contributed by atoms with Gasteiger partial charge in [-0.2, -0.15) is 4.98 Å². The van der Waals surface area contributed by atoms with Gasteiger partial charge < -0.3 is 14.9 Å². The van der Waals surface area contributed by atoms with Crippen LogP contribution in [-0.4, -0.2) is 41.7 Å². The average molecular weight is 578 g/mol. The van der Waals surface area contributed by atoms with E-state index in [0.717, 1.165) is 17.7 Å². The van der Waals surface area contributed by atoms with E-state index in [2.05, 4.69) is 25.2 Å². The van der Waals surface area contributed by atoms with Crippen molar-refractivity contribution in [3.8, 4) is 22.8 Å². The van der Waals surface area contributed by atoms with Crippen LogP contribution in [0.5, 0.6) is 0 Å². The molecule has 5 aromatic rings. The highest BCUT2D eigenvalue weighted by Crippen LogP contribution is 2.25. The summed E-state index contributed by atoms with van der Waals surface area (Å²) >= 11 is 0. The highest BCUT2D eigenvalue weighted by molar-refractivity contribution is 7.92. The van der Waals surface area contributed by atoms with Gasteiger partial charge in [0, 0.05) is 29.6 Å². The van der Waals surface area contributed by atoms with Gasteiger partial charge in [-0.05, 0) is 85.3 Å². The molecular formula is C29H25F2N5O4S. The third-order valence-electron chi connectivity index (χ3n) is 6.18. The van der Waals surface area contributed by atoms with Gasteiger partial charge in [-0.15, -0.1) is 0 Å². The van der Waals surface area contributed by atoms with E-state index in [1.54, 1.807) is 30.5 Å². The molecular weight excluding hydrogens is 552 g/mol. The highest BCUT2D eigenvalue weighted by Gasteiger charge is 2.17. The Bertz CT molecular complexity index is 1710. The quantitative estimate of drug-likeness (QED) is 0.192. The monoisotopic (exact) mass is 577 g/mol. The third kappa shape index (κ3) is 6.98. The van der Waals surface area contributed by atoms with Crippen molar-refractivity contribution in [2.45, 2.75) is 17.4 Å². The molecule has 12 heteroatoms. The second kappa shape index (κ2) is 12.3. The fourth-order valence-corrected chi connectivity index (χ4v) is 5.03. The van der Waals surface area contributed by atoms with E-state index in [-0.39, 0.29) is 22.2 Å². The lowest BCUT2D eigenvalue weighted by molar-refractivity contribution is 0.170. The average Bonchev–Trinajstić information content (AvgIpc) is 3.48. The predicted octanol–water partition coefficient (Wildman–Crippen LogP) is 4.74. The number of pyridine rings is 1. The van der Waals surface area contributed by atoms with Crippen LogP contribution in [0.25, 0.3) is 22.8 Å². The first-order valence-corrected chi connectivity index (χ1v) is 14.1. The maximum atomic E-state index is 13.5. The largest absolute Gasteiger partial charge is 0.385 e. The molecule has 0 saturated heterocycles. The summed E-state index contributed by atoms with van der Waals surface area (Å²) in [4.78, 5) is 8.35. The van der Waals surface area contributed by atoms with Crippen molar-refractivity contribution < 1.29 is 26.8 Å². The molecule has 3 N–H and O–H groups in total. The molecule has 3 aromatic carbocycles. The molecule has 9 nitrogen and oxygen atoms in total. The lowest BCUT2D eigenvalue weighted by atomic mass is 10.1. The summed E-state index contributed by atoms with van der Waals surface area (Å²) in [5.74, 6) is -1.86. The Morgan fingerprint density at radius 2 is 1.66 bits per heavy atom.